The van der Waals surface area contributed by atoms with Crippen LogP contribution in [0.2, 0.25) is 0 Å². The lowest BCUT2D eigenvalue weighted by molar-refractivity contribution is 0.0560. The lowest BCUT2D eigenvalue weighted by Gasteiger charge is -2.29. The largest absolute Gasteiger partial charge is 0.388 e. The Morgan fingerprint density at radius 1 is 1.44 bits per heavy atom. The monoisotopic (exact) mass is 267 g/mol. The highest BCUT2D eigenvalue weighted by Gasteiger charge is 2.36. The minimum atomic E-state index is -0.506. The second-order valence-corrected chi connectivity index (χ2v) is 6.60. The van der Waals surface area contributed by atoms with E-state index in [0.29, 0.717) is 18.3 Å². The molecule has 0 aromatic carbocycles. The number of anilines is 2. The van der Waals surface area contributed by atoms with E-state index < -0.39 is 5.60 Å². The highest BCUT2D eigenvalue weighted by atomic mass is 32.1. The molecule has 1 heterocycles. The number of hydrogen-bond acceptors (Lipinski definition) is 5. The van der Waals surface area contributed by atoms with Crippen LogP contribution in [-0.2, 0) is 0 Å². The van der Waals surface area contributed by atoms with Crippen molar-refractivity contribution in [1.29, 1.82) is 0 Å². The summed E-state index contributed by atoms with van der Waals surface area (Å²) in [5.74, 6) is 1.31. The maximum Gasteiger partial charge on any atom is 0.142 e. The van der Waals surface area contributed by atoms with E-state index in [1.54, 1.807) is 0 Å². The summed E-state index contributed by atoms with van der Waals surface area (Å²) in [5.41, 5.74) is 6.69. The third-order valence-corrected chi connectivity index (χ3v) is 5.13. The summed E-state index contributed by atoms with van der Waals surface area (Å²) < 4.78 is 4.29. The maximum atomic E-state index is 10.5. The number of nitrogens with two attached hydrogens (primary N) is 1. The van der Waals surface area contributed by atoms with E-state index in [-0.39, 0.29) is 0 Å². The van der Waals surface area contributed by atoms with Gasteiger partial charge in [-0.1, -0.05) is 12.8 Å². The first-order valence-electron chi connectivity index (χ1n) is 6.78. The van der Waals surface area contributed by atoms with Gasteiger partial charge in [0.1, 0.15) is 10.8 Å². The highest BCUT2D eigenvalue weighted by molar-refractivity contribution is 7.10. The van der Waals surface area contributed by atoms with Gasteiger partial charge in [0, 0.05) is 19.2 Å². The molecule has 0 amide bonds. The molecule has 2 aliphatic carbocycles. The Hall–Kier alpha value is -0.810. The smallest absolute Gasteiger partial charge is 0.142 e. The van der Waals surface area contributed by atoms with E-state index in [0.717, 1.165) is 30.7 Å². The topological polar surface area (TPSA) is 62.4 Å². The van der Waals surface area contributed by atoms with Crippen LogP contribution in [-0.4, -0.2) is 28.7 Å². The fourth-order valence-corrected chi connectivity index (χ4v) is 3.89. The quantitative estimate of drug-likeness (QED) is 0.879. The highest BCUT2D eigenvalue weighted by Crippen LogP contribution is 2.49. The zero-order valence-electron chi connectivity index (χ0n) is 10.9. The molecule has 18 heavy (non-hydrogen) atoms. The Bertz CT molecular complexity index is 435. The normalized spacial score (nSPS) is 22.3. The Balaban J connectivity index is 1.77. The standard InChI is InChI=1S/C13H21N3OS/c1-16(8-13(17)6-2-3-7-13)12-10(9-4-5-9)11(14)15-18-12/h9,17H,2-8H2,1H3,(H2,14,15). The number of rotatable bonds is 4. The third kappa shape index (κ3) is 2.21. The first-order valence-corrected chi connectivity index (χ1v) is 7.55. The number of nitrogens with zero attached hydrogens (tertiary/aromatic N) is 2. The van der Waals surface area contributed by atoms with Crippen molar-refractivity contribution in [3.63, 3.8) is 0 Å². The van der Waals surface area contributed by atoms with Crippen molar-refractivity contribution in [3.8, 4) is 0 Å². The van der Waals surface area contributed by atoms with E-state index in [2.05, 4.69) is 16.3 Å². The minimum Gasteiger partial charge on any atom is -0.388 e. The van der Waals surface area contributed by atoms with E-state index in [1.165, 1.54) is 29.9 Å². The number of likely N-dealkylation sites (N-methyl/N-ethyl adjacent to an activating group) is 1. The summed E-state index contributed by atoms with van der Waals surface area (Å²) in [6, 6.07) is 0. The molecule has 2 saturated carbocycles. The first-order chi connectivity index (χ1) is 8.59. The molecule has 0 radical (unpaired) electrons. The molecule has 1 aromatic heterocycles. The first kappa shape index (κ1) is 12.2. The van der Waals surface area contributed by atoms with E-state index >= 15 is 0 Å². The van der Waals surface area contributed by atoms with Gasteiger partial charge in [0.05, 0.1) is 5.60 Å². The van der Waals surface area contributed by atoms with Crippen molar-refractivity contribution in [2.45, 2.75) is 50.0 Å². The molecule has 3 rings (SSSR count). The van der Waals surface area contributed by atoms with Gasteiger partial charge in [-0.15, -0.1) is 0 Å². The van der Waals surface area contributed by atoms with Gasteiger partial charge in [-0.25, -0.2) is 0 Å². The fraction of sp³-hybridized carbons (Fsp3) is 0.769. The van der Waals surface area contributed by atoms with Crippen molar-refractivity contribution in [2.75, 3.05) is 24.2 Å². The summed E-state index contributed by atoms with van der Waals surface area (Å²) in [6.45, 7) is 0.703. The Morgan fingerprint density at radius 2 is 2.11 bits per heavy atom. The number of nitrogen functional groups attached to an aromatic ring is 1. The molecule has 1 aromatic rings. The summed E-state index contributed by atoms with van der Waals surface area (Å²) >= 11 is 1.47. The lowest BCUT2D eigenvalue weighted by atomic mass is 10.0. The van der Waals surface area contributed by atoms with Crippen molar-refractivity contribution in [3.05, 3.63) is 5.56 Å². The molecule has 3 N–H and O–H groups in total. The van der Waals surface area contributed by atoms with Crippen LogP contribution < -0.4 is 10.6 Å². The van der Waals surface area contributed by atoms with Gasteiger partial charge >= 0.3 is 0 Å². The van der Waals surface area contributed by atoms with Gasteiger partial charge in [0.25, 0.3) is 0 Å². The minimum absolute atomic E-state index is 0.506. The molecule has 0 unspecified atom stereocenters. The second kappa shape index (κ2) is 4.38. The van der Waals surface area contributed by atoms with Crippen LogP contribution in [0.3, 0.4) is 0 Å². The molecule has 2 aliphatic rings. The van der Waals surface area contributed by atoms with Crippen LogP contribution in [0.1, 0.15) is 50.0 Å². The number of hydrogen-bond donors (Lipinski definition) is 2. The molecular formula is C13H21N3OS. The Morgan fingerprint density at radius 3 is 2.72 bits per heavy atom. The van der Waals surface area contributed by atoms with Crippen molar-refractivity contribution < 1.29 is 5.11 Å². The van der Waals surface area contributed by atoms with Gasteiger partial charge in [-0.05, 0) is 43.1 Å². The molecule has 0 atom stereocenters. The predicted molar refractivity (Wildman–Crippen MR) is 75.2 cm³/mol. The fourth-order valence-electron chi connectivity index (χ4n) is 3.04. The van der Waals surface area contributed by atoms with Crippen molar-refractivity contribution in [1.82, 2.24) is 4.37 Å². The molecule has 2 fully saturated rings. The van der Waals surface area contributed by atoms with E-state index in [4.69, 9.17) is 5.73 Å². The Labute approximate surface area is 112 Å². The van der Waals surface area contributed by atoms with Gasteiger partial charge in [-0.2, -0.15) is 4.37 Å². The van der Waals surface area contributed by atoms with Crippen LogP contribution >= 0.6 is 11.5 Å². The van der Waals surface area contributed by atoms with Gasteiger partial charge in [0.15, 0.2) is 0 Å². The SMILES string of the molecule is CN(CC1(O)CCCC1)c1snc(N)c1C1CC1. The van der Waals surface area contributed by atoms with Crippen molar-refractivity contribution >= 4 is 22.4 Å². The summed E-state index contributed by atoms with van der Waals surface area (Å²) in [6.07, 6.45) is 6.59. The summed E-state index contributed by atoms with van der Waals surface area (Å²) in [7, 11) is 2.05. The maximum absolute atomic E-state index is 10.5. The third-order valence-electron chi connectivity index (χ3n) is 4.13. The summed E-state index contributed by atoms with van der Waals surface area (Å²) in [4.78, 5) is 2.16. The van der Waals surface area contributed by atoms with Crippen LogP contribution in [0.25, 0.3) is 0 Å². The summed E-state index contributed by atoms with van der Waals surface area (Å²) in [5, 5.41) is 11.6. The molecular weight excluding hydrogens is 246 g/mol. The van der Waals surface area contributed by atoms with Gasteiger partial charge in [-0.3, -0.25) is 0 Å². The van der Waals surface area contributed by atoms with E-state index in [1.807, 2.05) is 0 Å². The van der Waals surface area contributed by atoms with Gasteiger partial charge < -0.3 is 15.7 Å². The lowest BCUT2D eigenvalue weighted by Crippen LogP contribution is -2.39. The molecule has 0 spiro atoms. The molecule has 5 heteroatoms. The number of aliphatic hydroxyl groups is 1. The van der Waals surface area contributed by atoms with Crippen molar-refractivity contribution in [2.24, 2.45) is 0 Å². The molecule has 0 bridgehead atoms. The van der Waals surface area contributed by atoms with Crippen LogP contribution in [0.4, 0.5) is 10.8 Å². The zero-order valence-corrected chi connectivity index (χ0v) is 11.7. The van der Waals surface area contributed by atoms with Crippen LogP contribution in [0, 0.1) is 0 Å². The van der Waals surface area contributed by atoms with E-state index in [9.17, 15) is 5.11 Å². The number of aromatic nitrogens is 1. The average molecular weight is 267 g/mol. The molecule has 100 valence electrons. The van der Waals surface area contributed by atoms with Crippen LogP contribution in [0.15, 0.2) is 0 Å². The molecule has 0 aliphatic heterocycles. The second-order valence-electron chi connectivity index (χ2n) is 5.85. The Kier molecular flexibility index (Phi) is 2.98. The zero-order chi connectivity index (χ0) is 12.8. The van der Waals surface area contributed by atoms with Crippen LogP contribution in [0.5, 0.6) is 0 Å². The molecule has 4 nitrogen and oxygen atoms in total. The molecule has 0 saturated heterocycles. The van der Waals surface area contributed by atoms with Gasteiger partial charge in [0.2, 0.25) is 0 Å². The predicted octanol–water partition coefficient (Wildman–Crippen LogP) is 2.34. The average Bonchev–Trinajstić information content (AvgIpc) is 2.95.